The summed E-state index contributed by atoms with van der Waals surface area (Å²) in [6, 6.07) is 10.3. The molecule has 1 aromatic carbocycles. The first-order valence-corrected chi connectivity index (χ1v) is 8.00. The predicted octanol–water partition coefficient (Wildman–Crippen LogP) is 2.15. The first-order chi connectivity index (χ1) is 11.1. The lowest BCUT2D eigenvalue weighted by atomic mass is 10.2. The van der Waals surface area contributed by atoms with Gasteiger partial charge >= 0.3 is 0 Å². The maximum atomic E-state index is 12.1. The average molecular weight is 325 g/mol. The third-order valence-corrected chi connectivity index (χ3v) is 3.64. The molecule has 0 unspecified atom stereocenters. The van der Waals surface area contributed by atoms with Crippen LogP contribution in [0.4, 0.5) is 5.69 Å². The van der Waals surface area contributed by atoms with Crippen LogP contribution in [0.2, 0.25) is 0 Å². The summed E-state index contributed by atoms with van der Waals surface area (Å²) in [5.41, 5.74) is 1.71. The Morgan fingerprint density at radius 1 is 1.30 bits per heavy atom. The highest BCUT2D eigenvalue weighted by Gasteiger charge is 2.12. The van der Waals surface area contributed by atoms with Crippen LogP contribution in [0.1, 0.15) is 15.9 Å². The molecule has 0 atom stereocenters. The van der Waals surface area contributed by atoms with E-state index in [-0.39, 0.29) is 18.4 Å². The average Bonchev–Trinajstić information content (AvgIpc) is 2.59. The van der Waals surface area contributed by atoms with Gasteiger partial charge in [0, 0.05) is 17.4 Å². The quantitative estimate of drug-likeness (QED) is 0.653. The van der Waals surface area contributed by atoms with Crippen LogP contribution >= 0.6 is 11.8 Å². The first kappa shape index (κ1) is 16.6. The van der Waals surface area contributed by atoms with Gasteiger partial charge in [0.25, 0.3) is 5.91 Å². The number of benzene rings is 1. The van der Waals surface area contributed by atoms with E-state index in [1.54, 1.807) is 42.6 Å². The number of hydrogen-bond acceptors (Lipinski definition) is 4. The summed E-state index contributed by atoms with van der Waals surface area (Å²) in [6.45, 7) is -0.137. The van der Waals surface area contributed by atoms with Gasteiger partial charge in [-0.3, -0.25) is 9.59 Å². The Balaban J connectivity index is 1.94. The zero-order chi connectivity index (χ0) is 16.7. The molecule has 0 saturated heterocycles. The molecule has 2 aromatic rings. The Labute approximate surface area is 138 Å². The highest BCUT2D eigenvalue weighted by Crippen LogP contribution is 2.16. The number of aromatic nitrogens is 1. The van der Waals surface area contributed by atoms with E-state index in [4.69, 9.17) is 6.42 Å². The van der Waals surface area contributed by atoms with Crippen LogP contribution in [0.15, 0.2) is 47.6 Å². The molecule has 0 saturated carbocycles. The predicted molar refractivity (Wildman–Crippen MR) is 91.4 cm³/mol. The molecule has 0 aliphatic carbocycles. The van der Waals surface area contributed by atoms with Gasteiger partial charge in [0.2, 0.25) is 5.91 Å². The molecule has 0 radical (unpaired) electrons. The summed E-state index contributed by atoms with van der Waals surface area (Å²) in [7, 11) is 0. The van der Waals surface area contributed by atoms with Crippen LogP contribution in [-0.4, -0.2) is 29.6 Å². The van der Waals surface area contributed by atoms with E-state index < -0.39 is 0 Å². The minimum Gasteiger partial charge on any atom is -0.343 e. The number of carbonyl (C=O) groups excluding carboxylic acids is 2. The first-order valence-electron chi connectivity index (χ1n) is 6.77. The number of thioether (sulfide) groups is 1. The van der Waals surface area contributed by atoms with Crippen molar-refractivity contribution in [3.05, 3.63) is 53.7 Å². The maximum Gasteiger partial charge on any atom is 0.254 e. The lowest BCUT2D eigenvalue weighted by molar-refractivity contribution is -0.115. The Hall–Kier alpha value is -2.78. The molecule has 0 aliphatic heterocycles. The third kappa shape index (κ3) is 4.59. The molecule has 1 aromatic heterocycles. The minimum absolute atomic E-state index is 0.137. The van der Waals surface area contributed by atoms with Gasteiger partial charge in [0.05, 0.1) is 12.1 Å². The van der Waals surface area contributed by atoms with Crippen LogP contribution in [0.5, 0.6) is 0 Å². The van der Waals surface area contributed by atoms with E-state index >= 15 is 0 Å². The summed E-state index contributed by atoms with van der Waals surface area (Å²) in [5, 5.41) is 5.88. The van der Waals surface area contributed by atoms with Gasteiger partial charge < -0.3 is 10.6 Å². The standard InChI is InChI=1S/C17H15N3O2S/c1-3-12-6-4-7-13(10-12)20-15(21)11-19-16(22)14-8-5-9-18-17(14)23-2/h1,4-10H,11H2,2H3,(H,19,22)(H,20,21). The van der Waals surface area contributed by atoms with Crippen molar-refractivity contribution >= 4 is 29.3 Å². The number of nitrogens with zero attached hydrogens (tertiary/aromatic N) is 1. The molecule has 0 bridgehead atoms. The van der Waals surface area contributed by atoms with Crippen molar-refractivity contribution in [1.82, 2.24) is 10.3 Å². The van der Waals surface area contributed by atoms with Gasteiger partial charge in [0.1, 0.15) is 5.03 Å². The summed E-state index contributed by atoms with van der Waals surface area (Å²) in [5.74, 6) is 1.83. The van der Waals surface area contributed by atoms with Crippen LogP contribution in [0, 0.1) is 12.3 Å². The Kier molecular flexibility index (Phi) is 5.78. The van der Waals surface area contributed by atoms with Gasteiger partial charge in [-0.15, -0.1) is 18.2 Å². The molecule has 116 valence electrons. The number of anilines is 1. The highest BCUT2D eigenvalue weighted by molar-refractivity contribution is 7.98. The van der Waals surface area contributed by atoms with E-state index in [1.165, 1.54) is 11.8 Å². The molecule has 2 rings (SSSR count). The van der Waals surface area contributed by atoms with Crippen LogP contribution in [0.25, 0.3) is 0 Å². The molecular weight excluding hydrogens is 310 g/mol. The van der Waals surface area contributed by atoms with E-state index in [0.717, 1.165) is 0 Å². The van der Waals surface area contributed by atoms with Crippen molar-refractivity contribution in [2.24, 2.45) is 0 Å². The second kappa shape index (κ2) is 8.01. The number of carbonyl (C=O) groups is 2. The van der Waals surface area contributed by atoms with Crippen LogP contribution in [0.3, 0.4) is 0 Å². The van der Waals surface area contributed by atoms with E-state index in [2.05, 4.69) is 21.5 Å². The molecule has 0 aliphatic rings. The van der Waals surface area contributed by atoms with Crippen molar-refractivity contribution in [3.63, 3.8) is 0 Å². The summed E-state index contributed by atoms with van der Waals surface area (Å²) in [6.07, 6.45) is 8.77. The summed E-state index contributed by atoms with van der Waals surface area (Å²) < 4.78 is 0. The van der Waals surface area contributed by atoms with Gasteiger partial charge in [-0.05, 0) is 36.6 Å². The molecule has 2 N–H and O–H groups in total. The zero-order valence-electron chi connectivity index (χ0n) is 12.5. The van der Waals surface area contributed by atoms with E-state index in [1.807, 2.05) is 6.26 Å². The normalized spacial score (nSPS) is 9.74. The fourth-order valence-electron chi connectivity index (χ4n) is 1.87. The Bertz CT molecular complexity index is 768. The number of pyridine rings is 1. The van der Waals surface area contributed by atoms with Crippen molar-refractivity contribution in [2.45, 2.75) is 5.03 Å². The lowest BCUT2D eigenvalue weighted by Crippen LogP contribution is -2.33. The fourth-order valence-corrected chi connectivity index (χ4v) is 2.42. The van der Waals surface area contributed by atoms with Crippen molar-refractivity contribution in [1.29, 1.82) is 0 Å². The summed E-state index contributed by atoms with van der Waals surface area (Å²) >= 11 is 1.37. The maximum absolute atomic E-state index is 12.1. The zero-order valence-corrected chi connectivity index (χ0v) is 13.3. The van der Waals surface area contributed by atoms with Crippen molar-refractivity contribution in [3.8, 4) is 12.3 Å². The smallest absolute Gasteiger partial charge is 0.254 e. The largest absolute Gasteiger partial charge is 0.343 e. The molecule has 0 spiro atoms. The lowest BCUT2D eigenvalue weighted by Gasteiger charge is -2.09. The molecule has 6 heteroatoms. The Morgan fingerprint density at radius 2 is 2.13 bits per heavy atom. The number of rotatable bonds is 5. The fraction of sp³-hybridized carbons (Fsp3) is 0.118. The Morgan fingerprint density at radius 3 is 2.87 bits per heavy atom. The second-order valence-electron chi connectivity index (χ2n) is 4.52. The van der Waals surface area contributed by atoms with Crippen LogP contribution < -0.4 is 10.6 Å². The van der Waals surface area contributed by atoms with Crippen LogP contribution in [-0.2, 0) is 4.79 Å². The van der Waals surface area contributed by atoms with E-state index in [9.17, 15) is 9.59 Å². The molecule has 0 fully saturated rings. The summed E-state index contributed by atoms with van der Waals surface area (Å²) in [4.78, 5) is 28.1. The van der Waals surface area contributed by atoms with Gasteiger partial charge in [-0.2, -0.15) is 0 Å². The molecule has 23 heavy (non-hydrogen) atoms. The van der Waals surface area contributed by atoms with Crippen molar-refractivity contribution in [2.75, 3.05) is 18.1 Å². The molecular formula is C17H15N3O2S. The van der Waals surface area contributed by atoms with E-state index in [0.29, 0.717) is 21.8 Å². The number of nitrogens with one attached hydrogen (secondary N) is 2. The highest BCUT2D eigenvalue weighted by atomic mass is 32.2. The topological polar surface area (TPSA) is 71.1 Å². The van der Waals surface area contributed by atoms with Crippen molar-refractivity contribution < 1.29 is 9.59 Å². The number of terminal acetylenes is 1. The number of amides is 2. The number of hydrogen-bond donors (Lipinski definition) is 2. The van der Waals surface area contributed by atoms with Gasteiger partial charge in [-0.25, -0.2) is 4.98 Å². The second-order valence-corrected chi connectivity index (χ2v) is 5.31. The minimum atomic E-state index is -0.338. The monoisotopic (exact) mass is 325 g/mol. The van der Waals surface area contributed by atoms with Gasteiger partial charge in [0.15, 0.2) is 0 Å². The molecule has 5 nitrogen and oxygen atoms in total. The SMILES string of the molecule is C#Cc1cccc(NC(=O)CNC(=O)c2cccnc2SC)c1. The molecule has 2 amide bonds. The van der Waals surface area contributed by atoms with Gasteiger partial charge in [-0.1, -0.05) is 12.0 Å². The third-order valence-electron chi connectivity index (χ3n) is 2.93. The molecule has 1 heterocycles.